The molecule has 1 aromatic carbocycles. The summed E-state index contributed by atoms with van der Waals surface area (Å²) in [7, 11) is 1.36. The average molecular weight is 298 g/mol. The molecule has 5 nitrogen and oxygen atoms in total. The minimum atomic E-state index is -0.369. The monoisotopic (exact) mass is 298 g/mol. The highest BCUT2D eigenvalue weighted by Crippen LogP contribution is 2.28. The van der Waals surface area contributed by atoms with Gasteiger partial charge in [0.05, 0.1) is 24.9 Å². The van der Waals surface area contributed by atoms with E-state index in [1.54, 1.807) is 19.1 Å². The SMILES string of the molecule is COC(=O)c1ccc(NCC2Cc3ccccc3O2)nc1C. The van der Waals surface area contributed by atoms with E-state index in [0.29, 0.717) is 17.8 Å². The summed E-state index contributed by atoms with van der Waals surface area (Å²) in [5, 5.41) is 3.26. The number of anilines is 1. The highest BCUT2D eigenvalue weighted by Gasteiger charge is 2.22. The van der Waals surface area contributed by atoms with E-state index in [1.165, 1.54) is 12.7 Å². The number of nitrogens with zero attached hydrogens (tertiary/aromatic N) is 1. The Morgan fingerprint density at radius 3 is 2.91 bits per heavy atom. The number of aromatic nitrogens is 1. The number of pyridine rings is 1. The van der Waals surface area contributed by atoms with Crippen molar-refractivity contribution in [3.8, 4) is 5.75 Å². The van der Waals surface area contributed by atoms with Crippen LogP contribution in [0.5, 0.6) is 5.75 Å². The van der Waals surface area contributed by atoms with Gasteiger partial charge in [0.2, 0.25) is 0 Å². The fraction of sp³-hybridized carbons (Fsp3) is 0.294. The maximum absolute atomic E-state index is 11.5. The Morgan fingerprint density at radius 2 is 2.18 bits per heavy atom. The Bertz CT molecular complexity index is 675. The standard InChI is InChI=1S/C17H18N2O3/c1-11-14(17(20)21-2)7-8-16(19-11)18-10-13-9-12-5-3-4-6-15(12)22-13/h3-8,13H,9-10H2,1-2H3,(H,18,19). The van der Waals surface area contributed by atoms with Gasteiger partial charge >= 0.3 is 5.97 Å². The molecule has 1 aliphatic heterocycles. The topological polar surface area (TPSA) is 60.5 Å². The number of hydrogen-bond donors (Lipinski definition) is 1. The van der Waals surface area contributed by atoms with Crippen molar-refractivity contribution in [2.45, 2.75) is 19.4 Å². The summed E-state index contributed by atoms with van der Waals surface area (Å²) in [4.78, 5) is 15.9. The lowest BCUT2D eigenvalue weighted by molar-refractivity contribution is 0.0599. The van der Waals surface area contributed by atoms with Crippen molar-refractivity contribution in [1.29, 1.82) is 0 Å². The van der Waals surface area contributed by atoms with E-state index in [1.807, 2.05) is 18.2 Å². The second-order valence-electron chi connectivity index (χ2n) is 5.25. The van der Waals surface area contributed by atoms with Crippen LogP contribution in [0.15, 0.2) is 36.4 Å². The van der Waals surface area contributed by atoms with Crippen molar-refractivity contribution < 1.29 is 14.3 Å². The molecule has 114 valence electrons. The van der Waals surface area contributed by atoms with Crippen LogP contribution in [0.4, 0.5) is 5.82 Å². The molecule has 5 heteroatoms. The van der Waals surface area contributed by atoms with Gasteiger partial charge in [0, 0.05) is 6.42 Å². The zero-order valence-corrected chi connectivity index (χ0v) is 12.6. The number of aryl methyl sites for hydroxylation is 1. The summed E-state index contributed by atoms with van der Waals surface area (Å²) >= 11 is 0. The fourth-order valence-electron chi connectivity index (χ4n) is 2.57. The molecule has 0 amide bonds. The molecule has 1 aliphatic rings. The van der Waals surface area contributed by atoms with Crippen LogP contribution < -0.4 is 10.1 Å². The van der Waals surface area contributed by atoms with Crippen LogP contribution in [-0.2, 0) is 11.2 Å². The Hall–Kier alpha value is -2.56. The zero-order chi connectivity index (χ0) is 15.5. The first kappa shape index (κ1) is 14.4. The first-order valence-corrected chi connectivity index (χ1v) is 7.22. The van der Waals surface area contributed by atoms with Gasteiger partial charge in [-0.1, -0.05) is 18.2 Å². The van der Waals surface area contributed by atoms with Gasteiger partial charge in [0.15, 0.2) is 0 Å². The molecule has 0 aliphatic carbocycles. The molecule has 0 saturated carbocycles. The normalized spacial score (nSPS) is 15.8. The second kappa shape index (κ2) is 6.05. The number of hydrogen-bond acceptors (Lipinski definition) is 5. The molecule has 1 aromatic heterocycles. The maximum Gasteiger partial charge on any atom is 0.339 e. The number of ether oxygens (including phenoxy) is 2. The predicted octanol–water partition coefficient (Wildman–Crippen LogP) is 2.59. The molecule has 2 aromatic rings. The number of benzene rings is 1. The Balaban J connectivity index is 1.61. The van der Waals surface area contributed by atoms with Crippen LogP contribution in [-0.4, -0.2) is 30.7 Å². The smallest absolute Gasteiger partial charge is 0.339 e. The van der Waals surface area contributed by atoms with Crippen molar-refractivity contribution in [1.82, 2.24) is 4.98 Å². The van der Waals surface area contributed by atoms with Gasteiger partial charge in [-0.3, -0.25) is 0 Å². The molecule has 1 atom stereocenters. The molecule has 0 fully saturated rings. The lowest BCUT2D eigenvalue weighted by atomic mass is 10.1. The number of esters is 1. The van der Waals surface area contributed by atoms with E-state index < -0.39 is 0 Å². The van der Waals surface area contributed by atoms with Crippen LogP contribution in [0.1, 0.15) is 21.6 Å². The second-order valence-corrected chi connectivity index (χ2v) is 5.25. The lowest BCUT2D eigenvalue weighted by Crippen LogP contribution is -2.24. The summed E-state index contributed by atoms with van der Waals surface area (Å²) in [5.41, 5.74) is 2.37. The van der Waals surface area contributed by atoms with Gasteiger partial charge in [-0.05, 0) is 30.7 Å². The Morgan fingerprint density at radius 1 is 1.36 bits per heavy atom. The first-order chi connectivity index (χ1) is 10.7. The average Bonchev–Trinajstić information content (AvgIpc) is 2.95. The van der Waals surface area contributed by atoms with Gasteiger partial charge in [-0.2, -0.15) is 0 Å². The highest BCUT2D eigenvalue weighted by atomic mass is 16.5. The number of para-hydroxylation sites is 1. The summed E-state index contributed by atoms with van der Waals surface area (Å²) in [6.45, 7) is 2.46. The molecular weight excluding hydrogens is 280 g/mol. The minimum absolute atomic E-state index is 0.0970. The summed E-state index contributed by atoms with van der Waals surface area (Å²) < 4.78 is 10.6. The van der Waals surface area contributed by atoms with Gasteiger partial charge in [-0.15, -0.1) is 0 Å². The van der Waals surface area contributed by atoms with Gasteiger partial charge in [0.1, 0.15) is 17.7 Å². The van der Waals surface area contributed by atoms with Gasteiger partial charge in [-0.25, -0.2) is 9.78 Å². The van der Waals surface area contributed by atoms with Crippen LogP contribution in [0.25, 0.3) is 0 Å². The molecule has 0 bridgehead atoms. The highest BCUT2D eigenvalue weighted by molar-refractivity contribution is 5.90. The number of rotatable bonds is 4. The third-order valence-corrected chi connectivity index (χ3v) is 3.72. The molecule has 0 radical (unpaired) electrons. The van der Waals surface area contributed by atoms with Crippen LogP contribution in [0, 0.1) is 6.92 Å². The number of methoxy groups -OCH3 is 1. The molecule has 0 saturated heterocycles. The quantitative estimate of drug-likeness (QED) is 0.879. The number of carbonyl (C=O) groups is 1. The van der Waals surface area contributed by atoms with Crippen molar-refractivity contribution in [3.05, 3.63) is 53.2 Å². The first-order valence-electron chi connectivity index (χ1n) is 7.22. The molecule has 0 spiro atoms. The molecule has 1 unspecified atom stereocenters. The van der Waals surface area contributed by atoms with E-state index >= 15 is 0 Å². The van der Waals surface area contributed by atoms with Gasteiger partial charge in [0.25, 0.3) is 0 Å². The van der Waals surface area contributed by atoms with Crippen molar-refractivity contribution >= 4 is 11.8 Å². The lowest BCUT2D eigenvalue weighted by Gasteiger charge is -2.13. The minimum Gasteiger partial charge on any atom is -0.488 e. The van der Waals surface area contributed by atoms with Crippen molar-refractivity contribution in [2.24, 2.45) is 0 Å². The summed E-state index contributed by atoms with van der Waals surface area (Å²) in [6, 6.07) is 11.6. The number of nitrogens with one attached hydrogen (secondary N) is 1. The number of carbonyl (C=O) groups excluding carboxylic acids is 1. The van der Waals surface area contributed by atoms with Gasteiger partial charge < -0.3 is 14.8 Å². The molecule has 22 heavy (non-hydrogen) atoms. The predicted molar refractivity (Wildman–Crippen MR) is 83.4 cm³/mol. The third kappa shape index (κ3) is 2.88. The van der Waals surface area contributed by atoms with Crippen LogP contribution in [0.3, 0.4) is 0 Å². The van der Waals surface area contributed by atoms with E-state index in [9.17, 15) is 4.79 Å². The zero-order valence-electron chi connectivity index (χ0n) is 12.6. The molecule has 1 N–H and O–H groups in total. The summed E-state index contributed by atoms with van der Waals surface area (Å²) in [6.07, 6.45) is 0.988. The third-order valence-electron chi connectivity index (χ3n) is 3.72. The van der Waals surface area contributed by atoms with E-state index in [2.05, 4.69) is 16.4 Å². The largest absolute Gasteiger partial charge is 0.488 e. The Kier molecular flexibility index (Phi) is 3.96. The fourth-order valence-corrected chi connectivity index (χ4v) is 2.57. The van der Waals surface area contributed by atoms with E-state index in [-0.39, 0.29) is 12.1 Å². The number of fused-ring (bicyclic) bond motifs is 1. The van der Waals surface area contributed by atoms with E-state index in [0.717, 1.165) is 18.0 Å². The van der Waals surface area contributed by atoms with Crippen LogP contribution >= 0.6 is 0 Å². The Labute approximate surface area is 129 Å². The molecule has 2 heterocycles. The summed E-state index contributed by atoms with van der Waals surface area (Å²) in [5.74, 6) is 1.32. The maximum atomic E-state index is 11.5. The van der Waals surface area contributed by atoms with Crippen molar-refractivity contribution in [3.63, 3.8) is 0 Å². The van der Waals surface area contributed by atoms with Crippen LogP contribution in [0.2, 0.25) is 0 Å². The van der Waals surface area contributed by atoms with E-state index in [4.69, 9.17) is 9.47 Å². The van der Waals surface area contributed by atoms with Crippen molar-refractivity contribution in [2.75, 3.05) is 19.0 Å². The molecular formula is C17H18N2O3. The molecule has 3 rings (SSSR count).